The number of hydrogen-bond donors (Lipinski definition) is 1. The summed E-state index contributed by atoms with van der Waals surface area (Å²) in [7, 11) is 0. The quantitative estimate of drug-likeness (QED) is 0.886. The fraction of sp³-hybridized carbons (Fsp3) is 0.188. The Labute approximate surface area is 111 Å². The molecule has 0 bridgehead atoms. The van der Waals surface area contributed by atoms with Crippen LogP contribution in [0.4, 0.5) is 10.1 Å². The van der Waals surface area contributed by atoms with Gasteiger partial charge in [-0.25, -0.2) is 4.39 Å². The molecule has 2 aromatic rings. The van der Waals surface area contributed by atoms with Gasteiger partial charge in [-0.3, -0.25) is 0 Å². The Morgan fingerprint density at radius 1 is 1.11 bits per heavy atom. The van der Waals surface area contributed by atoms with Crippen molar-refractivity contribution in [3.8, 4) is 6.07 Å². The van der Waals surface area contributed by atoms with Crippen LogP contribution in [-0.2, 0) is 12.0 Å². The number of halogens is 1. The van der Waals surface area contributed by atoms with Crippen LogP contribution in [0.1, 0.15) is 17.5 Å². The molecule has 0 radical (unpaired) electrons. The van der Waals surface area contributed by atoms with Gasteiger partial charge >= 0.3 is 0 Å². The minimum absolute atomic E-state index is 0.332. The van der Waals surface area contributed by atoms with Gasteiger partial charge in [-0.2, -0.15) is 5.26 Å². The van der Waals surface area contributed by atoms with Crippen molar-refractivity contribution in [3.05, 3.63) is 65.5 Å². The Hall–Kier alpha value is -2.34. The van der Waals surface area contributed by atoms with Gasteiger partial charge in [-0.15, -0.1) is 0 Å². The number of hydrogen-bond acceptors (Lipinski definition) is 2. The normalized spacial score (nSPS) is 20.6. The summed E-state index contributed by atoms with van der Waals surface area (Å²) >= 11 is 0. The van der Waals surface area contributed by atoms with Crippen LogP contribution in [0.2, 0.25) is 0 Å². The van der Waals surface area contributed by atoms with Crippen molar-refractivity contribution in [1.29, 1.82) is 5.26 Å². The lowest BCUT2D eigenvalue weighted by Crippen LogP contribution is -2.31. The van der Waals surface area contributed by atoms with Crippen molar-refractivity contribution in [3.63, 3.8) is 0 Å². The van der Waals surface area contributed by atoms with E-state index in [0.717, 1.165) is 17.5 Å². The molecular formula is C16H13FN2. The summed E-state index contributed by atoms with van der Waals surface area (Å²) < 4.78 is 13.8. The zero-order chi connectivity index (χ0) is 13.3. The third-order valence-corrected chi connectivity index (χ3v) is 3.66. The number of benzene rings is 2. The van der Waals surface area contributed by atoms with E-state index in [2.05, 4.69) is 11.4 Å². The van der Waals surface area contributed by atoms with Gasteiger partial charge in [0.15, 0.2) is 5.54 Å². The minimum Gasteiger partial charge on any atom is -0.361 e. The van der Waals surface area contributed by atoms with E-state index in [4.69, 9.17) is 0 Å². The number of rotatable bonds is 2. The highest BCUT2D eigenvalue weighted by molar-refractivity contribution is 5.55. The Morgan fingerprint density at radius 2 is 1.84 bits per heavy atom. The lowest BCUT2D eigenvalue weighted by molar-refractivity contribution is 0.593. The largest absolute Gasteiger partial charge is 0.361 e. The molecule has 0 aromatic heterocycles. The van der Waals surface area contributed by atoms with Crippen LogP contribution in [0, 0.1) is 17.1 Å². The molecule has 1 aliphatic carbocycles. The van der Waals surface area contributed by atoms with Crippen LogP contribution in [0.15, 0.2) is 48.5 Å². The second-order valence-corrected chi connectivity index (χ2v) is 4.78. The van der Waals surface area contributed by atoms with E-state index in [1.165, 1.54) is 6.07 Å². The highest BCUT2D eigenvalue weighted by atomic mass is 19.1. The lowest BCUT2D eigenvalue weighted by Gasteiger charge is -2.25. The third kappa shape index (κ3) is 1.86. The van der Waals surface area contributed by atoms with Crippen molar-refractivity contribution < 1.29 is 4.39 Å². The smallest absolute Gasteiger partial charge is 0.151 e. The summed E-state index contributed by atoms with van der Waals surface area (Å²) in [6.45, 7) is 0. The van der Waals surface area contributed by atoms with Gasteiger partial charge in [-0.05, 0) is 36.1 Å². The molecule has 1 aliphatic rings. The van der Waals surface area contributed by atoms with E-state index in [-0.39, 0.29) is 5.82 Å². The number of para-hydroxylation sites is 1. The zero-order valence-electron chi connectivity index (χ0n) is 10.4. The molecule has 1 unspecified atom stereocenters. The maximum absolute atomic E-state index is 13.8. The monoisotopic (exact) mass is 252 g/mol. The van der Waals surface area contributed by atoms with Gasteiger partial charge in [-0.1, -0.05) is 36.4 Å². The molecule has 0 heterocycles. The van der Waals surface area contributed by atoms with Gasteiger partial charge in [0.25, 0.3) is 0 Å². The molecule has 0 saturated heterocycles. The van der Waals surface area contributed by atoms with E-state index in [1.54, 1.807) is 18.2 Å². The van der Waals surface area contributed by atoms with Gasteiger partial charge in [0.05, 0.1) is 11.8 Å². The third-order valence-electron chi connectivity index (χ3n) is 3.66. The topological polar surface area (TPSA) is 35.8 Å². The second-order valence-electron chi connectivity index (χ2n) is 4.78. The Bertz CT molecular complexity index is 660. The average molecular weight is 252 g/mol. The Kier molecular flexibility index (Phi) is 2.72. The number of fused-ring (bicyclic) bond motifs is 1. The summed E-state index contributed by atoms with van der Waals surface area (Å²) in [4.78, 5) is 0. The van der Waals surface area contributed by atoms with E-state index in [9.17, 15) is 9.65 Å². The molecule has 2 nitrogen and oxygen atoms in total. The summed E-state index contributed by atoms with van der Waals surface area (Å²) in [5.41, 5.74) is 1.67. The molecule has 94 valence electrons. The fourth-order valence-electron chi connectivity index (χ4n) is 2.68. The molecule has 1 N–H and O–H groups in total. The zero-order valence-corrected chi connectivity index (χ0v) is 10.4. The van der Waals surface area contributed by atoms with E-state index >= 15 is 0 Å². The van der Waals surface area contributed by atoms with Gasteiger partial charge in [0, 0.05) is 0 Å². The van der Waals surface area contributed by atoms with Crippen molar-refractivity contribution in [2.75, 3.05) is 5.32 Å². The molecule has 2 aromatic carbocycles. The standard InChI is InChI=1S/C16H13FN2/c17-14-7-3-4-8-15(14)19-16(11-18)10-9-12-5-1-2-6-13(12)16/h1-8,19H,9-10H2. The number of nitrogens with zero attached hydrogens (tertiary/aromatic N) is 1. The molecule has 1 atom stereocenters. The van der Waals surface area contributed by atoms with E-state index in [0.29, 0.717) is 12.1 Å². The van der Waals surface area contributed by atoms with Crippen LogP contribution in [0.25, 0.3) is 0 Å². The highest BCUT2D eigenvalue weighted by Gasteiger charge is 2.39. The first-order valence-corrected chi connectivity index (χ1v) is 6.27. The van der Waals surface area contributed by atoms with Crippen LogP contribution in [-0.4, -0.2) is 0 Å². The van der Waals surface area contributed by atoms with Crippen molar-refractivity contribution in [2.24, 2.45) is 0 Å². The fourth-order valence-corrected chi connectivity index (χ4v) is 2.68. The van der Waals surface area contributed by atoms with E-state index in [1.807, 2.05) is 24.3 Å². The van der Waals surface area contributed by atoms with E-state index < -0.39 is 5.54 Å². The van der Waals surface area contributed by atoms with Crippen molar-refractivity contribution in [1.82, 2.24) is 0 Å². The minimum atomic E-state index is -0.821. The summed E-state index contributed by atoms with van der Waals surface area (Å²) in [5, 5.41) is 12.7. The van der Waals surface area contributed by atoms with Crippen LogP contribution >= 0.6 is 0 Å². The van der Waals surface area contributed by atoms with Gasteiger partial charge < -0.3 is 5.32 Å². The lowest BCUT2D eigenvalue weighted by atomic mass is 9.93. The number of aryl methyl sites for hydroxylation is 1. The molecule has 19 heavy (non-hydrogen) atoms. The summed E-state index contributed by atoms with van der Waals surface area (Å²) in [6.07, 6.45) is 1.50. The Morgan fingerprint density at radius 3 is 2.63 bits per heavy atom. The molecule has 0 fully saturated rings. The summed E-state index contributed by atoms with van der Waals surface area (Å²) in [6, 6.07) is 16.6. The summed E-state index contributed by atoms with van der Waals surface area (Å²) in [5.74, 6) is -0.332. The first-order chi connectivity index (χ1) is 9.25. The molecule has 0 amide bonds. The van der Waals surface area contributed by atoms with Crippen molar-refractivity contribution >= 4 is 5.69 Å². The van der Waals surface area contributed by atoms with Gasteiger partial charge in [0.2, 0.25) is 0 Å². The maximum Gasteiger partial charge on any atom is 0.151 e. The number of nitriles is 1. The SMILES string of the molecule is N#CC1(Nc2ccccc2F)CCc2ccccc21. The van der Waals surface area contributed by atoms with Crippen molar-refractivity contribution in [2.45, 2.75) is 18.4 Å². The molecule has 3 heteroatoms. The van der Waals surface area contributed by atoms with Gasteiger partial charge in [0.1, 0.15) is 5.82 Å². The molecule has 0 saturated carbocycles. The van der Waals surface area contributed by atoms with Crippen LogP contribution < -0.4 is 5.32 Å². The maximum atomic E-state index is 13.8. The first-order valence-electron chi connectivity index (χ1n) is 6.27. The first kappa shape index (κ1) is 11.7. The number of anilines is 1. The molecule has 0 aliphatic heterocycles. The van der Waals surface area contributed by atoms with Crippen LogP contribution in [0.3, 0.4) is 0 Å². The molecule has 0 spiro atoms. The molecule has 3 rings (SSSR count). The molecular weight excluding hydrogens is 239 g/mol. The highest BCUT2D eigenvalue weighted by Crippen LogP contribution is 2.39. The average Bonchev–Trinajstić information content (AvgIpc) is 2.81. The predicted octanol–water partition coefficient (Wildman–Crippen LogP) is 3.60. The predicted molar refractivity (Wildman–Crippen MR) is 72.1 cm³/mol. The number of nitrogens with one attached hydrogen (secondary N) is 1. The second kappa shape index (κ2) is 4.40. The Balaban J connectivity index is 2.04. The van der Waals surface area contributed by atoms with Crippen LogP contribution in [0.5, 0.6) is 0 Å².